The molecule has 0 saturated carbocycles. The van der Waals surface area contributed by atoms with Crippen molar-refractivity contribution >= 4 is 5.91 Å². The number of nitrogens with zero attached hydrogens (tertiary/aromatic N) is 1. The summed E-state index contributed by atoms with van der Waals surface area (Å²) in [6.45, 7) is 8.76. The van der Waals surface area contributed by atoms with Crippen molar-refractivity contribution in [3.8, 4) is 0 Å². The van der Waals surface area contributed by atoms with Gasteiger partial charge in [-0.1, -0.05) is 18.9 Å². The molecule has 0 aromatic heterocycles. The summed E-state index contributed by atoms with van der Waals surface area (Å²) in [5.74, 6) is 0.0710. The third-order valence-electron chi connectivity index (χ3n) is 3.02. The number of hydrogen-bond donors (Lipinski definition) is 2. The van der Waals surface area contributed by atoms with E-state index in [1.54, 1.807) is 6.08 Å². The summed E-state index contributed by atoms with van der Waals surface area (Å²) < 4.78 is 0. The maximum absolute atomic E-state index is 11.4. The Labute approximate surface area is 104 Å². The van der Waals surface area contributed by atoms with E-state index in [0.29, 0.717) is 13.1 Å². The fraction of sp³-hybridized carbons (Fsp3) is 0.769. The Morgan fingerprint density at radius 2 is 1.94 bits per heavy atom. The second-order valence-electron chi connectivity index (χ2n) is 4.53. The maximum Gasteiger partial charge on any atom is 0.234 e. The van der Waals surface area contributed by atoms with Gasteiger partial charge in [0.15, 0.2) is 0 Å². The first-order valence-electron chi connectivity index (χ1n) is 6.63. The summed E-state index contributed by atoms with van der Waals surface area (Å²) >= 11 is 0. The topological polar surface area (TPSA) is 44.4 Å². The molecule has 0 bridgehead atoms. The van der Waals surface area contributed by atoms with E-state index in [2.05, 4.69) is 22.1 Å². The van der Waals surface area contributed by atoms with E-state index in [4.69, 9.17) is 0 Å². The lowest BCUT2D eigenvalue weighted by molar-refractivity contribution is -0.120. The molecule has 0 aromatic rings. The molecule has 0 unspecified atom stereocenters. The van der Waals surface area contributed by atoms with E-state index in [0.717, 1.165) is 13.1 Å². The van der Waals surface area contributed by atoms with E-state index in [1.165, 1.54) is 38.8 Å². The van der Waals surface area contributed by atoms with Crippen molar-refractivity contribution in [3.63, 3.8) is 0 Å². The minimum atomic E-state index is 0.0710. The first kappa shape index (κ1) is 14.2. The fourth-order valence-corrected chi connectivity index (χ4v) is 2.06. The predicted molar refractivity (Wildman–Crippen MR) is 71.0 cm³/mol. The molecule has 0 atom stereocenters. The standard InChI is InChI=1S/C13H25N3O/c1-2-7-14-12-13(17)15-8-11-16-9-5-3-4-6-10-16/h2,14H,1,3-12H2,(H,15,17). The molecule has 1 aliphatic rings. The number of hydrogen-bond acceptors (Lipinski definition) is 3. The summed E-state index contributed by atoms with van der Waals surface area (Å²) in [6, 6.07) is 0. The molecular formula is C13H25N3O. The van der Waals surface area contributed by atoms with Crippen molar-refractivity contribution in [3.05, 3.63) is 12.7 Å². The minimum absolute atomic E-state index is 0.0710. The second kappa shape index (κ2) is 9.19. The largest absolute Gasteiger partial charge is 0.354 e. The number of carbonyl (C=O) groups is 1. The first-order chi connectivity index (χ1) is 8.33. The van der Waals surface area contributed by atoms with Gasteiger partial charge in [-0.25, -0.2) is 0 Å². The normalized spacial score (nSPS) is 17.4. The summed E-state index contributed by atoms with van der Waals surface area (Å²) in [5.41, 5.74) is 0. The van der Waals surface area contributed by atoms with Crippen molar-refractivity contribution in [2.75, 3.05) is 39.3 Å². The average molecular weight is 239 g/mol. The monoisotopic (exact) mass is 239 g/mol. The highest BCUT2D eigenvalue weighted by Crippen LogP contribution is 2.08. The van der Waals surface area contributed by atoms with Crippen LogP contribution in [-0.2, 0) is 4.79 Å². The van der Waals surface area contributed by atoms with Gasteiger partial charge < -0.3 is 15.5 Å². The number of likely N-dealkylation sites (tertiary alicyclic amines) is 1. The molecule has 2 N–H and O–H groups in total. The zero-order valence-electron chi connectivity index (χ0n) is 10.7. The van der Waals surface area contributed by atoms with Crippen LogP contribution in [0.25, 0.3) is 0 Å². The van der Waals surface area contributed by atoms with Crippen molar-refractivity contribution in [1.82, 2.24) is 15.5 Å². The van der Waals surface area contributed by atoms with Crippen molar-refractivity contribution in [2.45, 2.75) is 25.7 Å². The van der Waals surface area contributed by atoms with Crippen LogP contribution in [0.15, 0.2) is 12.7 Å². The molecule has 98 valence electrons. The molecule has 1 rings (SSSR count). The molecular weight excluding hydrogens is 214 g/mol. The molecule has 4 nitrogen and oxygen atoms in total. The molecule has 1 heterocycles. The van der Waals surface area contributed by atoms with Crippen LogP contribution >= 0.6 is 0 Å². The molecule has 1 saturated heterocycles. The third-order valence-corrected chi connectivity index (χ3v) is 3.02. The van der Waals surface area contributed by atoms with Crippen LogP contribution in [-0.4, -0.2) is 50.1 Å². The van der Waals surface area contributed by atoms with Gasteiger partial charge in [0.25, 0.3) is 0 Å². The highest BCUT2D eigenvalue weighted by molar-refractivity contribution is 5.77. The summed E-state index contributed by atoms with van der Waals surface area (Å²) in [7, 11) is 0. The number of amides is 1. The third kappa shape index (κ3) is 7.13. The molecule has 0 spiro atoms. The van der Waals surface area contributed by atoms with E-state index in [-0.39, 0.29) is 5.91 Å². The van der Waals surface area contributed by atoms with Crippen LogP contribution in [0.3, 0.4) is 0 Å². The molecule has 1 aliphatic heterocycles. The molecule has 0 aromatic carbocycles. The maximum atomic E-state index is 11.4. The van der Waals surface area contributed by atoms with Crippen molar-refractivity contribution in [2.24, 2.45) is 0 Å². The summed E-state index contributed by atoms with van der Waals surface area (Å²) in [6.07, 6.45) is 7.07. The Balaban J connectivity index is 2.01. The van der Waals surface area contributed by atoms with Crippen LogP contribution in [0.4, 0.5) is 0 Å². The lowest BCUT2D eigenvalue weighted by Gasteiger charge is -2.19. The van der Waals surface area contributed by atoms with Crippen molar-refractivity contribution < 1.29 is 4.79 Å². The lowest BCUT2D eigenvalue weighted by atomic mass is 10.2. The molecule has 0 aliphatic carbocycles. The van der Waals surface area contributed by atoms with E-state index >= 15 is 0 Å². The van der Waals surface area contributed by atoms with Gasteiger partial charge in [-0.3, -0.25) is 4.79 Å². The Morgan fingerprint density at radius 1 is 1.24 bits per heavy atom. The van der Waals surface area contributed by atoms with Crippen LogP contribution < -0.4 is 10.6 Å². The van der Waals surface area contributed by atoms with Gasteiger partial charge in [-0.05, 0) is 25.9 Å². The molecule has 1 amide bonds. The van der Waals surface area contributed by atoms with E-state index < -0.39 is 0 Å². The van der Waals surface area contributed by atoms with Gasteiger partial charge in [0.05, 0.1) is 6.54 Å². The Hall–Kier alpha value is -0.870. The lowest BCUT2D eigenvalue weighted by Crippen LogP contribution is -2.39. The number of rotatable bonds is 7. The second-order valence-corrected chi connectivity index (χ2v) is 4.53. The van der Waals surface area contributed by atoms with Crippen LogP contribution in [0, 0.1) is 0 Å². The summed E-state index contributed by atoms with van der Waals surface area (Å²) in [5, 5.41) is 5.92. The SMILES string of the molecule is C=CCNCC(=O)NCCN1CCCCCC1. The van der Waals surface area contributed by atoms with Crippen LogP contribution in [0.5, 0.6) is 0 Å². The minimum Gasteiger partial charge on any atom is -0.354 e. The van der Waals surface area contributed by atoms with Gasteiger partial charge in [-0.15, -0.1) is 6.58 Å². The Bertz CT molecular complexity index is 223. The van der Waals surface area contributed by atoms with E-state index in [1.807, 2.05) is 0 Å². The van der Waals surface area contributed by atoms with E-state index in [9.17, 15) is 4.79 Å². The van der Waals surface area contributed by atoms with Gasteiger partial charge in [0, 0.05) is 19.6 Å². The highest BCUT2D eigenvalue weighted by atomic mass is 16.1. The number of nitrogens with one attached hydrogen (secondary N) is 2. The van der Waals surface area contributed by atoms with Crippen molar-refractivity contribution in [1.29, 1.82) is 0 Å². The zero-order chi connectivity index (χ0) is 12.3. The Kier molecular flexibility index (Phi) is 7.67. The molecule has 1 fully saturated rings. The molecule has 4 heteroatoms. The summed E-state index contributed by atoms with van der Waals surface area (Å²) in [4.78, 5) is 13.8. The van der Waals surface area contributed by atoms with Gasteiger partial charge in [0.1, 0.15) is 0 Å². The average Bonchev–Trinajstić information content (AvgIpc) is 2.58. The fourth-order valence-electron chi connectivity index (χ4n) is 2.06. The quantitative estimate of drug-likeness (QED) is 0.509. The number of carbonyl (C=O) groups excluding carboxylic acids is 1. The predicted octanol–water partition coefficient (Wildman–Crippen LogP) is 0.754. The Morgan fingerprint density at radius 3 is 2.59 bits per heavy atom. The molecule has 17 heavy (non-hydrogen) atoms. The first-order valence-corrected chi connectivity index (χ1v) is 6.63. The van der Waals surface area contributed by atoms with Gasteiger partial charge >= 0.3 is 0 Å². The van der Waals surface area contributed by atoms with Crippen LogP contribution in [0.1, 0.15) is 25.7 Å². The highest BCUT2D eigenvalue weighted by Gasteiger charge is 2.08. The van der Waals surface area contributed by atoms with Crippen LogP contribution in [0.2, 0.25) is 0 Å². The molecule has 0 radical (unpaired) electrons. The van der Waals surface area contributed by atoms with Gasteiger partial charge in [-0.2, -0.15) is 0 Å². The van der Waals surface area contributed by atoms with Gasteiger partial charge in [0.2, 0.25) is 5.91 Å². The zero-order valence-corrected chi connectivity index (χ0v) is 10.7. The smallest absolute Gasteiger partial charge is 0.234 e.